The van der Waals surface area contributed by atoms with Crippen LogP contribution in [0.5, 0.6) is 5.75 Å². The van der Waals surface area contributed by atoms with E-state index in [1.54, 1.807) is 25.3 Å². The highest BCUT2D eigenvalue weighted by Gasteiger charge is 2.23. The first-order chi connectivity index (χ1) is 9.41. The quantitative estimate of drug-likeness (QED) is 0.585. The number of benzene rings is 1. The highest BCUT2D eigenvalue weighted by Crippen LogP contribution is 2.35. The van der Waals surface area contributed by atoms with Crippen molar-refractivity contribution in [3.63, 3.8) is 0 Å². The van der Waals surface area contributed by atoms with Gasteiger partial charge in [0.05, 0.1) is 17.1 Å². The van der Waals surface area contributed by atoms with Crippen LogP contribution < -0.4 is 10.1 Å². The van der Waals surface area contributed by atoms with E-state index in [-0.39, 0.29) is 11.4 Å². The van der Waals surface area contributed by atoms with Crippen molar-refractivity contribution in [2.45, 2.75) is 32.8 Å². The minimum Gasteiger partial charge on any atom is -0.487 e. The Kier molecular flexibility index (Phi) is 5.76. The third-order valence-electron chi connectivity index (χ3n) is 2.90. The highest BCUT2D eigenvalue weighted by molar-refractivity contribution is 5.68. The summed E-state index contributed by atoms with van der Waals surface area (Å²) in [6.45, 7) is 6.68. The van der Waals surface area contributed by atoms with Gasteiger partial charge < -0.3 is 14.8 Å². The SMILES string of the molecule is CCCOc1cccc(NCC(C)(C)OC)c1[N+](=O)[O-]. The number of nitrogens with one attached hydrogen (secondary N) is 1. The molecule has 20 heavy (non-hydrogen) atoms. The van der Waals surface area contributed by atoms with Gasteiger partial charge >= 0.3 is 5.69 Å². The second-order valence-electron chi connectivity index (χ2n) is 5.08. The normalized spacial score (nSPS) is 11.2. The molecule has 6 heteroatoms. The van der Waals surface area contributed by atoms with Crippen LogP contribution in [0.2, 0.25) is 0 Å². The first-order valence-corrected chi connectivity index (χ1v) is 6.60. The van der Waals surface area contributed by atoms with Gasteiger partial charge in [-0.3, -0.25) is 10.1 Å². The molecule has 0 heterocycles. The number of hydrogen-bond donors (Lipinski definition) is 1. The summed E-state index contributed by atoms with van der Waals surface area (Å²) >= 11 is 0. The Bertz CT molecular complexity index is 460. The minimum absolute atomic E-state index is 0.0344. The summed E-state index contributed by atoms with van der Waals surface area (Å²) in [7, 11) is 1.61. The number of methoxy groups -OCH3 is 1. The van der Waals surface area contributed by atoms with Crippen LogP contribution in [-0.2, 0) is 4.74 Å². The van der Waals surface area contributed by atoms with Gasteiger partial charge in [-0.2, -0.15) is 0 Å². The second-order valence-corrected chi connectivity index (χ2v) is 5.08. The molecule has 0 aliphatic rings. The lowest BCUT2D eigenvalue weighted by molar-refractivity contribution is -0.385. The van der Waals surface area contributed by atoms with Crippen molar-refractivity contribution in [2.75, 3.05) is 25.6 Å². The number of rotatable bonds is 8. The van der Waals surface area contributed by atoms with E-state index in [4.69, 9.17) is 9.47 Å². The van der Waals surface area contributed by atoms with Crippen LogP contribution >= 0.6 is 0 Å². The predicted octanol–water partition coefficient (Wildman–Crippen LogP) is 3.22. The van der Waals surface area contributed by atoms with Gasteiger partial charge in [-0.1, -0.05) is 13.0 Å². The number of nitrogens with zero attached hydrogens (tertiary/aromatic N) is 1. The molecule has 0 saturated heterocycles. The molecule has 112 valence electrons. The van der Waals surface area contributed by atoms with Crippen molar-refractivity contribution in [3.05, 3.63) is 28.3 Å². The Morgan fingerprint density at radius 3 is 2.65 bits per heavy atom. The molecular weight excluding hydrogens is 260 g/mol. The average molecular weight is 282 g/mol. The van der Waals surface area contributed by atoms with E-state index in [1.807, 2.05) is 20.8 Å². The molecule has 0 fully saturated rings. The van der Waals surface area contributed by atoms with E-state index in [1.165, 1.54) is 0 Å². The summed E-state index contributed by atoms with van der Waals surface area (Å²) in [6.07, 6.45) is 0.797. The Balaban J connectivity index is 2.97. The van der Waals surface area contributed by atoms with Crippen LogP contribution in [0.15, 0.2) is 18.2 Å². The van der Waals surface area contributed by atoms with E-state index in [9.17, 15) is 10.1 Å². The van der Waals surface area contributed by atoms with Crippen LogP contribution in [0.25, 0.3) is 0 Å². The number of hydrogen-bond acceptors (Lipinski definition) is 5. The third kappa shape index (κ3) is 4.38. The molecule has 0 unspecified atom stereocenters. The molecule has 0 amide bonds. The fourth-order valence-corrected chi connectivity index (χ4v) is 1.56. The van der Waals surface area contributed by atoms with Gasteiger partial charge in [-0.15, -0.1) is 0 Å². The zero-order valence-corrected chi connectivity index (χ0v) is 12.4. The third-order valence-corrected chi connectivity index (χ3v) is 2.90. The van der Waals surface area contributed by atoms with Crippen molar-refractivity contribution in [2.24, 2.45) is 0 Å². The van der Waals surface area contributed by atoms with E-state index in [0.717, 1.165) is 6.42 Å². The molecule has 0 aliphatic carbocycles. The number of para-hydroxylation sites is 1. The van der Waals surface area contributed by atoms with Crippen molar-refractivity contribution in [1.82, 2.24) is 0 Å². The van der Waals surface area contributed by atoms with Gasteiger partial charge in [-0.25, -0.2) is 0 Å². The maximum atomic E-state index is 11.3. The smallest absolute Gasteiger partial charge is 0.333 e. The minimum atomic E-state index is -0.423. The first-order valence-electron chi connectivity index (χ1n) is 6.60. The van der Waals surface area contributed by atoms with Crippen LogP contribution in [0, 0.1) is 10.1 Å². The molecule has 1 N–H and O–H groups in total. The lowest BCUT2D eigenvalue weighted by atomic mass is 10.1. The number of ether oxygens (including phenoxy) is 2. The van der Waals surface area contributed by atoms with Gasteiger partial charge in [0.2, 0.25) is 0 Å². The van der Waals surface area contributed by atoms with Gasteiger partial charge in [0.1, 0.15) is 5.69 Å². The predicted molar refractivity (Wildman–Crippen MR) is 78.5 cm³/mol. The van der Waals surface area contributed by atoms with E-state index in [0.29, 0.717) is 18.8 Å². The lowest BCUT2D eigenvalue weighted by Crippen LogP contribution is -2.32. The molecule has 0 aromatic heterocycles. The van der Waals surface area contributed by atoms with E-state index < -0.39 is 10.5 Å². The van der Waals surface area contributed by atoms with Crippen molar-refractivity contribution >= 4 is 11.4 Å². The van der Waals surface area contributed by atoms with Crippen LogP contribution in [0.4, 0.5) is 11.4 Å². The molecule has 0 bridgehead atoms. The highest BCUT2D eigenvalue weighted by atomic mass is 16.6. The molecule has 6 nitrogen and oxygen atoms in total. The standard InChI is InChI=1S/C14H22N2O4/c1-5-9-20-12-8-6-7-11(13(12)16(17)18)15-10-14(2,3)19-4/h6-8,15H,5,9-10H2,1-4H3. The molecular formula is C14H22N2O4. The molecule has 0 spiro atoms. The number of anilines is 1. The topological polar surface area (TPSA) is 73.6 Å². The largest absolute Gasteiger partial charge is 0.487 e. The van der Waals surface area contributed by atoms with E-state index in [2.05, 4.69) is 5.32 Å². The molecule has 0 radical (unpaired) electrons. The lowest BCUT2D eigenvalue weighted by Gasteiger charge is -2.23. The Hall–Kier alpha value is -1.82. The number of nitro benzene ring substituents is 1. The zero-order chi connectivity index (χ0) is 15.2. The fourth-order valence-electron chi connectivity index (χ4n) is 1.56. The fraction of sp³-hybridized carbons (Fsp3) is 0.571. The Labute approximate surface area is 119 Å². The zero-order valence-electron chi connectivity index (χ0n) is 12.4. The van der Waals surface area contributed by atoms with Gasteiger partial charge in [0.25, 0.3) is 0 Å². The molecule has 1 rings (SSSR count). The van der Waals surface area contributed by atoms with Crippen molar-refractivity contribution in [3.8, 4) is 5.75 Å². The monoisotopic (exact) mass is 282 g/mol. The second kappa shape index (κ2) is 7.09. The summed E-state index contributed by atoms with van der Waals surface area (Å²) in [4.78, 5) is 10.8. The molecule has 0 atom stereocenters. The van der Waals surface area contributed by atoms with Gasteiger partial charge in [-0.05, 0) is 32.4 Å². The Morgan fingerprint density at radius 2 is 2.10 bits per heavy atom. The van der Waals surface area contributed by atoms with Gasteiger partial charge in [0, 0.05) is 13.7 Å². The maximum absolute atomic E-state index is 11.3. The van der Waals surface area contributed by atoms with Crippen LogP contribution in [-0.4, -0.2) is 30.8 Å². The number of nitro groups is 1. The molecule has 1 aromatic rings. The van der Waals surface area contributed by atoms with E-state index >= 15 is 0 Å². The molecule has 1 aromatic carbocycles. The summed E-state index contributed by atoms with van der Waals surface area (Å²) in [5.41, 5.74) is -0.00434. The summed E-state index contributed by atoms with van der Waals surface area (Å²) in [5.74, 6) is 0.289. The first kappa shape index (κ1) is 16.2. The van der Waals surface area contributed by atoms with Crippen LogP contribution in [0.1, 0.15) is 27.2 Å². The van der Waals surface area contributed by atoms with Crippen molar-refractivity contribution < 1.29 is 14.4 Å². The molecule has 0 saturated carbocycles. The summed E-state index contributed by atoms with van der Waals surface area (Å²) in [5, 5.41) is 14.3. The van der Waals surface area contributed by atoms with Crippen LogP contribution in [0.3, 0.4) is 0 Å². The Morgan fingerprint density at radius 1 is 1.40 bits per heavy atom. The molecule has 0 aliphatic heterocycles. The van der Waals surface area contributed by atoms with Crippen molar-refractivity contribution in [1.29, 1.82) is 0 Å². The van der Waals surface area contributed by atoms with Gasteiger partial charge in [0.15, 0.2) is 5.75 Å². The summed E-state index contributed by atoms with van der Waals surface area (Å²) in [6, 6.07) is 5.02. The average Bonchev–Trinajstić information content (AvgIpc) is 2.42. The summed E-state index contributed by atoms with van der Waals surface area (Å²) < 4.78 is 10.7. The maximum Gasteiger partial charge on any atom is 0.333 e.